The van der Waals surface area contributed by atoms with E-state index >= 15 is 0 Å². The Kier molecular flexibility index (Phi) is 7.03. The second-order valence-electron chi connectivity index (χ2n) is 6.60. The summed E-state index contributed by atoms with van der Waals surface area (Å²) in [5.74, 6) is -0.444. The molecular weight excluding hydrogens is 408 g/mol. The maximum Gasteiger partial charge on any atom is 0.408 e. The molecule has 0 radical (unpaired) electrons. The van der Waals surface area contributed by atoms with Crippen LogP contribution in [-0.2, 0) is 27.5 Å². The number of hydrogen-bond acceptors (Lipinski definition) is 6. The van der Waals surface area contributed by atoms with Gasteiger partial charge in [-0.05, 0) is 29.3 Å². The lowest BCUT2D eigenvalue weighted by Gasteiger charge is -2.20. The molecule has 2 unspecified atom stereocenters. The molecule has 0 spiro atoms. The van der Waals surface area contributed by atoms with Crippen LogP contribution in [0.3, 0.4) is 0 Å². The number of halogens is 1. The van der Waals surface area contributed by atoms with Gasteiger partial charge in [0.15, 0.2) is 0 Å². The molecule has 2 aromatic rings. The molecule has 30 heavy (non-hydrogen) atoms. The largest absolute Gasteiger partial charge is 0.445 e. The molecule has 8 nitrogen and oxygen atoms in total. The minimum Gasteiger partial charge on any atom is -0.445 e. The highest BCUT2D eigenvalue weighted by Crippen LogP contribution is 2.15. The van der Waals surface area contributed by atoms with Crippen molar-refractivity contribution in [3.05, 3.63) is 77.0 Å². The van der Waals surface area contributed by atoms with Crippen molar-refractivity contribution in [2.75, 3.05) is 5.73 Å². The number of amides is 2. The lowest BCUT2D eigenvalue weighted by Crippen LogP contribution is -2.48. The van der Waals surface area contributed by atoms with Gasteiger partial charge >= 0.3 is 6.09 Å². The molecule has 0 aliphatic carbocycles. The molecule has 1 heterocycles. The van der Waals surface area contributed by atoms with E-state index in [1.807, 2.05) is 6.07 Å². The Labute approximate surface area is 180 Å². The predicted octanol–water partition coefficient (Wildman–Crippen LogP) is 2.55. The molecule has 9 heteroatoms. The van der Waals surface area contributed by atoms with Crippen molar-refractivity contribution in [1.29, 1.82) is 0 Å². The molecule has 158 valence electrons. The van der Waals surface area contributed by atoms with Crippen molar-refractivity contribution in [1.82, 2.24) is 16.1 Å². The maximum atomic E-state index is 12.8. The lowest BCUT2D eigenvalue weighted by atomic mass is 10.1. The van der Waals surface area contributed by atoms with Crippen LogP contribution in [0.25, 0.3) is 0 Å². The first-order chi connectivity index (χ1) is 14.9. The topological polar surface area (TPSA) is 115 Å². The summed E-state index contributed by atoms with van der Waals surface area (Å²) in [6, 6.07) is 14.7. The second-order valence-corrected chi connectivity index (χ2v) is 7.01. The summed E-state index contributed by atoms with van der Waals surface area (Å²) in [6.45, 7) is -1.00. The molecule has 2 amide bonds. The van der Waals surface area contributed by atoms with Crippen LogP contribution in [0, 0.1) is 0 Å². The Morgan fingerprint density at radius 2 is 2.00 bits per heavy atom. The van der Waals surface area contributed by atoms with E-state index in [-0.39, 0.29) is 13.0 Å². The highest BCUT2D eigenvalue weighted by atomic mass is 35.5. The first-order valence-corrected chi connectivity index (χ1v) is 9.64. The summed E-state index contributed by atoms with van der Waals surface area (Å²) in [5.41, 5.74) is 10.2. The first kappa shape index (κ1) is 20.1. The van der Waals surface area contributed by atoms with Crippen LogP contribution in [0.15, 0.2) is 65.8 Å². The molecule has 3 atom stereocenters. The van der Waals surface area contributed by atoms with Crippen molar-refractivity contribution in [2.45, 2.75) is 31.7 Å². The second kappa shape index (κ2) is 10.5. The van der Waals surface area contributed by atoms with E-state index < -0.39 is 30.7 Å². The number of carbonyl (C=O) groups excluding carboxylic acids is 2. The molecule has 1 aliphatic rings. The van der Waals surface area contributed by atoms with E-state index in [1.165, 1.54) is 0 Å². The first-order valence-electron chi connectivity index (χ1n) is 9.84. The molecular formula is C21H23ClN4O4. The van der Waals surface area contributed by atoms with E-state index in [1.54, 1.807) is 54.6 Å². The van der Waals surface area contributed by atoms with E-state index in [9.17, 15) is 9.59 Å². The Hall–Kier alpha value is -3.23. The summed E-state index contributed by atoms with van der Waals surface area (Å²) in [7, 11) is 0. The normalized spacial score (nSPS) is 17.7. The Morgan fingerprint density at radius 1 is 1.23 bits per heavy atom. The summed E-state index contributed by atoms with van der Waals surface area (Å²) < 4.78 is 13.1. The SMILES string of the molecule is [2H]C(OC(=O)N[C@@H](CC1C=C(Cl)NO1)C(=O)NCc1cccc(N)c1)c1ccccc1. The number of anilines is 1. The molecule has 5 N–H and O–H groups in total. The van der Waals surface area contributed by atoms with Gasteiger partial charge in [0.2, 0.25) is 5.91 Å². The average molecular weight is 432 g/mol. The summed E-state index contributed by atoms with van der Waals surface area (Å²) in [6.07, 6.45) is 0.268. The van der Waals surface area contributed by atoms with E-state index in [0.29, 0.717) is 16.4 Å². The summed E-state index contributed by atoms with van der Waals surface area (Å²) >= 11 is 5.84. The molecule has 0 saturated carbocycles. The van der Waals surface area contributed by atoms with Gasteiger partial charge in [-0.15, -0.1) is 0 Å². The van der Waals surface area contributed by atoms with Crippen molar-refractivity contribution < 1.29 is 20.5 Å². The van der Waals surface area contributed by atoms with Gasteiger partial charge in [-0.25, -0.2) is 4.79 Å². The highest BCUT2D eigenvalue weighted by molar-refractivity contribution is 6.29. The van der Waals surface area contributed by atoms with Gasteiger partial charge < -0.3 is 21.1 Å². The summed E-state index contributed by atoms with van der Waals surface area (Å²) in [4.78, 5) is 30.4. The highest BCUT2D eigenvalue weighted by Gasteiger charge is 2.27. The van der Waals surface area contributed by atoms with Crippen molar-refractivity contribution in [3.8, 4) is 0 Å². The zero-order valence-corrected chi connectivity index (χ0v) is 16.8. The van der Waals surface area contributed by atoms with Crippen LogP contribution in [0.2, 0.25) is 0 Å². The number of nitrogens with one attached hydrogen (secondary N) is 3. The number of rotatable bonds is 8. The van der Waals surface area contributed by atoms with Crippen LogP contribution < -0.4 is 21.8 Å². The van der Waals surface area contributed by atoms with Gasteiger partial charge in [-0.1, -0.05) is 54.1 Å². The number of carbonyl (C=O) groups is 2. The monoisotopic (exact) mass is 431 g/mol. The van der Waals surface area contributed by atoms with Crippen LogP contribution in [0.1, 0.15) is 18.9 Å². The zero-order valence-electron chi connectivity index (χ0n) is 17.0. The van der Waals surface area contributed by atoms with Gasteiger partial charge in [-0.2, -0.15) is 0 Å². The molecule has 0 fully saturated rings. The zero-order chi connectivity index (χ0) is 22.2. The average Bonchev–Trinajstić information content (AvgIpc) is 3.16. The summed E-state index contributed by atoms with van der Waals surface area (Å²) in [5, 5.41) is 5.56. The molecule has 0 aromatic heterocycles. The molecule has 0 bridgehead atoms. The van der Waals surface area contributed by atoms with E-state index in [0.717, 1.165) is 5.56 Å². The fourth-order valence-corrected chi connectivity index (χ4v) is 2.97. The van der Waals surface area contributed by atoms with Gasteiger partial charge in [0.25, 0.3) is 0 Å². The standard InChI is InChI=1S/C21H23ClN4O4/c22-19-11-17(30-26-19)10-18(20(27)24-12-15-7-4-8-16(23)9-15)25-21(28)29-13-14-5-2-1-3-6-14/h1-9,11,17-18,26H,10,12-13,23H2,(H,24,27)(H,25,28)/t17?,18-/m0/s1/i13D/t13?,17?,18-. The van der Waals surface area contributed by atoms with Crippen LogP contribution in [0.4, 0.5) is 10.5 Å². The third-order valence-corrected chi connectivity index (χ3v) is 4.44. The van der Waals surface area contributed by atoms with Crippen LogP contribution >= 0.6 is 11.6 Å². The molecule has 2 aromatic carbocycles. The third kappa shape index (κ3) is 6.68. The Morgan fingerprint density at radius 3 is 2.70 bits per heavy atom. The number of hydrogen-bond donors (Lipinski definition) is 4. The van der Waals surface area contributed by atoms with Crippen molar-refractivity contribution >= 4 is 29.3 Å². The van der Waals surface area contributed by atoms with Gasteiger partial charge in [0.05, 0.1) is 1.37 Å². The van der Waals surface area contributed by atoms with Crippen molar-refractivity contribution in [3.63, 3.8) is 0 Å². The Balaban J connectivity index is 1.62. The Bertz CT molecular complexity index is 944. The van der Waals surface area contributed by atoms with Crippen LogP contribution in [0.5, 0.6) is 0 Å². The quantitative estimate of drug-likeness (QED) is 0.377. The minimum atomic E-state index is -1.23. The number of nitrogens with two attached hydrogens (primary N) is 1. The lowest BCUT2D eigenvalue weighted by molar-refractivity contribution is -0.124. The predicted molar refractivity (Wildman–Crippen MR) is 113 cm³/mol. The van der Waals surface area contributed by atoms with Gasteiger partial charge in [-0.3, -0.25) is 15.1 Å². The number of ether oxygens (including phenoxy) is 1. The van der Waals surface area contributed by atoms with Crippen LogP contribution in [-0.4, -0.2) is 24.1 Å². The number of benzene rings is 2. The van der Waals surface area contributed by atoms with Crippen molar-refractivity contribution in [2.24, 2.45) is 0 Å². The van der Waals surface area contributed by atoms with Gasteiger partial charge in [0, 0.05) is 18.7 Å². The number of alkyl carbamates (subject to hydrolysis) is 1. The van der Waals surface area contributed by atoms with Gasteiger partial charge in [0.1, 0.15) is 23.9 Å². The molecule has 0 saturated heterocycles. The smallest absolute Gasteiger partial charge is 0.408 e. The number of hydroxylamine groups is 1. The minimum absolute atomic E-state index is 0.106. The fourth-order valence-electron chi connectivity index (χ4n) is 2.79. The van der Waals surface area contributed by atoms with E-state index in [4.69, 9.17) is 28.3 Å². The van der Waals surface area contributed by atoms with E-state index in [2.05, 4.69) is 16.1 Å². The fraction of sp³-hybridized carbons (Fsp3) is 0.238. The third-order valence-electron chi connectivity index (χ3n) is 4.24. The maximum absolute atomic E-state index is 12.8. The molecule has 1 aliphatic heterocycles. The molecule has 3 rings (SSSR count). The number of nitrogen functional groups attached to an aromatic ring is 1.